The number of likely N-dealkylation sites (tertiary alicyclic amines) is 1. The van der Waals surface area contributed by atoms with E-state index in [0.29, 0.717) is 12.2 Å². The molecule has 1 aromatic carbocycles. The minimum atomic E-state index is 0.157. The largest absolute Gasteiger partial charge is 0.465 e. The number of Topliss-reactive ketones (excluding diaryl/α,β-unsaturated/α-hetero) is 1. The highest BCUT2D eigenvalue weighted by atomic mass is 16.3. The van der Waals surface area contributed by atoms with Crippen LogP contribution in [-0.4, -0.2) is 23.8 Å². The number of piperidine rings is 1. The van der Waals surface area contributed by atoms with Gasteiger partial charge in [0.1, 0.15) is 17.3 Å². The van der Waals surface area contributed by atoms with Crippen molar-refractivity contribution in [3.05, 3.63) is 59.5 Å². The Bertz CT molecular complexity index is 617. The summed E-state index contributed by atoms with van der Waals surface area (Å²) in [5.41, 5.74) is 1.12. The van der Waals surface area contributed by atoms with Gasteiger partial charge in [-0.25, -0.2) is 0 Å². The Hall–Kier alpha value is -1.87. The fourth-order valence-corrected chi connectivity index (χ4v) is 3.19. The van der Waals surface area contributed by atoms with Crippen LogP contribution in [0.1, 0.15) is 29.9 Å². The van der Waals surface area contributed by atoms with Gasteiger partial charge in [-0.15, -0.1) is 0 Å². The number of rotatable bonds is 5. The number of benzene rings is 1. The molecular weight excluding hydrogens is 274 g/mol. The number of furan rings is 1. The fraction of sp³-hybridized carbons (Fsp3) is 0.421. The van der Waals surface area contributed by atoms with Crippen LogP contribution in [0.4, 0.5) is 0 Å². The zero-order valence-corrected chi connectivity index (χ0v) is 13.1. The molecule has 3 heteroatoms. The molecule has 1 fully saturated rings. The average Bonchev–Trinajstić information content (AvgIpc) is 2.93. The van der Waals surface area contributed by atoms with Gasteiger partial charge in [0.2, 0.25) is 0 Å². The Labute approximate surface area is 131 Å². The summed E-state index contributed by atoms with van der Waals surface area (Å²) in [7, 11) is 0. The van der Waals surface area contributed by atoms with E-state index in [9.17, 15) is 4.79 Å². The highest BCUT2D eigenvalue weighted by molar-refractivity contribution is 5.83. The van der Waals surface area contributed by atoms with Gasteiger partial charge in [0.05, 0.1) is 6.54 Å². The van der Waals surface area contributed by atoms with Crippen molar-refractivity contribution < 1.29 is 9.21 Å². The van der Waals surface area contributed by atoms with E-state index in [1.54, 1.807) is 0 Å². The van der Waals surface area contributed by atoms with Gasteiger partial charge in [0, 0.05) is 18.9 Å². The zero-order valence-electron chi connectivity index (χ0n) is 13.1. The lowest BCUT2D eigenvalue weighted by atomic mass is 9.90. The molecule has 0 spiro atoms. The van der Waals surface area contributed by atoms with Crippen LogP contribution in [0.5, 0.6) is 0 Å². The minimum absolute atomic E-state index is 0.157. The molecule has 0 radical (unpaired) electrons. The normalized spacial score (nSPS) is 19.2. The number of hydrogen-bond acceptors (Lipinski definition) is 3. The lowest BCUT2D eigenvalue weighted by Gasteiger charge is -2.31. The van der Waals surface area contributed by atoms with Crippen molar-refractivity contribution in [3.8, 4) is 0 Å². The van der Waals surface area contributed by atoms with Crippen molar-refractivity contribution in [3.63, 3.8) is 0 Å². The van der Waals surface area contributed by atoms with E-state index in [1.165, 1.54) is 0 Å². The van der Waals surface area contributed by atoms with Gasteiger partial charge in [0.15, 0.2) is 0 Å². The van der Waals surface area contributed by atoms with Crippen LogP contribution in [0.15, 0.2) is 46.9 Å². The second-order valence-corrected chi connectivity index (χ2v) is 6.22. The number of aryl methyl sites for hydroxylation is 1. The number of hydrogen-bond donors (Lipinski definition) is 0. The molecule has 0 amide bonds. The molecule has 1 saturated heterocycles. The predicted molar refractivity (Wildman–Crippen MR) is 86.6 cm³/mol. The SMILES string of the molecule is Cc1ccc(CN2CCC[C@H](C(=O)Cc3ccccc3)C2)o1. The first kappa shape index (κ1) is 15.0. The first-order valence-corrected chi connectivity index (χ1v) is 8.05. The molecular formula is C19H23NO2. The molecule has 1 aromatic heterocycles. The maximum absolute atomic E-state index is 12.5. The maximum atomic E-state index is 12.5. The van der Waals surface area contributed by atoms with E-state index in [4.69, 9.17) is 4.42 Å². The standard InChI is InChI=1S/C19H23NO2/c1-15-9-10-18(22-15)14-20-11-5-8-17(13-20)19(21)12-16-6-3-2-4-7-16/h2-4,6-7,9-10,17H,5,8,11-14H2,1H3/t17-/m0/s1. The van der Waals surface area contributed by atoms with Crippen molar-refractivity contribution in [1.82, 2.24) is 4.90 Å². The summed E-state index contributed by atoms with van der Waals surface area (Å²) in [5.74, 6) is 2.47. The summed E-state index contributed by atoms with van der Waals surface area (Å²) >= 11 is 0. The average molecular weight is 297 g/mol. The number of carbonyl (C=O) groups excluding carboxylic acids is 1. The third-order valence-corrected chi connectivity index (χ3v) is 4.36. The summed E-state index contributed by atoms with van der Waals surface area (Å²) in [6.07, 6.45) is 2.66. The molecule has 2 heterocycles. The van der Waals surface area contributed by atoms with Crippen molar-refractivity contribution in [2.45, 2.75) is 32.7 Å². The lowest BCUT2D eigenvalue weighted by molar-refractivity contribution is -0.124. The van der Waals surface area contributed by atoms with Crippen LogP contribution in [0.25, 0.3) is 0 Å². The second kappa shape index (κ2) is 6.93. The van der Waals surface area contributed by atoms with Gasteiger partial charge in [-0.2, -0.15) is 0 Å². The van der Waals surface area contributed by atoms with Crippen LogP contribution in [0.3, 0.4) is 0 Å². The predicted octanol–water partition coefficient (Wildman–Crippen LogP) is 3.61. The van der Waals surface area contributed by atoms with Crippen molar-refractivity contribution >= 4 is 5.78 Å². The Morgan fingerprint density at radius 2 is 2.05 bits per heavy atom. The lowest BCUT2D eigenvalue weighted by Crippen LogP contribution is -2.38. The van der Waals surface area contributed by atoms with E-state index in [-0.39, 0.29) is 5.92 Å². The minimum Gasteiger partial charge on any atom is -0.465 e. The summed E-state index contributed by atoms with van der Waals surface area (Å²) in [6.45, 7) is 4.68. The quantitative estimate of drug-likeness (QED) is 0.845. The molecule has 3 nitrogen and oxygen atoms in total. The van der Waals surface area contributed by atoms with Gasteiger partial charge >= 0.3 is 0 Å². The maximum Gasteiger partial charge on any atom is 0.141 e. The molecule has 0 saturated carbocycles. The van der Waals surface area contributed by atoms with E-state index >= 15 is 0 Å². The Balaban J connectivity index is 1.57. The topological polar surface area (TPSA) is 33.5 Å². The first-order valence-electron chi connectivity index (χ1n) is 8.05. The van der Waals surface area contributed by atoms with Crippen LogP contribution in [0.2, 0.25) is 0 Å². The molecule has 116 valence electrons. The summed E-state index contributed by atoms with van der Waals surface area (Å²) in [4.78, 5) is 14.9. The van der Waals surface area contributed by atoms with Gasteiger partial charge in [-0.3, -0.25) is 9.69 Å². The molecule has 1 atom stereocenters. The Morgan fingerprint density at radius 1 is 1.23 bits per heavy atom. The Morgan fingerprint density at radius 3 is 2.77 bits per heavy atom. The second-order valence-electron chi connectivity index (χ2n) is 6.22. The van der Waals surface area contributed by atoms with Gasteiger partial charge in [0.25, 0.3) is 0 Å². The van der Waals surface area contributed by atoms with Gasteiger partial charge < -0.3 is 4.42 Å². The molecule has 22 heavy (non-hydrogen) atoms. The van der Waals surface area contributed by atoms with Gasteiger partial charge in [-0.1, -0.05) is 30.3 Å². The molecule has 0 unspecified atom stereocenters. The van der Waals surface area contributed by atoms with E-state index in [0.717, 1.165) is 49.6 Å². The molecule has 0 bridgehead atoms. The molecule has 1 aliphatic rings. The molecule has 2 aromatic rings. The molecule has 0 aliphatic carbocycles. The van der Waals surface area contributed by atoms with Crippen molar-refractivity contribution in [2.24, 2.45) is 5.92 Å². The van der Waals surface area contributed by atoms with Crippen LogP contribution in [-0.2, 0) is 17.8 Å². The highest BCUT2D eigenvalue weighted by Crippen LogP contribution is 2.21. The first-order chi connectivity index (χ1) is 10.7. The molecule has 0 N–H and O–H groups in total. The number of ketones is 1. The third-order valence-electron chi connectivity index (χ3n) is 4.36. The van der Waals surface area contributed by atoms with Crippen LogP contribution in [0, 0.1) is 12.8 Å². The summed E-state index contributed by atoms with van der Waals surface area (Å²) in [6, 6.07) is 14.1. The molecule has 3 rings (SSSR count). The third kappa shape index (κ3) is 3.86. The van der Waals surface area contributed by atoms with Crippen molar-refractivity contribution in [1.29, 1.82) is 0 Å². The van der Waals surface area contributed by atoms with Crippen molar-refractivity contribution in [2.75, 3.05) is 13.1 Å². The summed E-state index contributed by atoms with van der Waals surface area (Å²) in [5, 5.41) is 0. The number of carbonyl (C=O) groups is 1. The van der Waals surface area contributed by atoms with Crippen LogP contribution < -0.4 is 0 Å². The number of nitrogens with zero attached hydrogens (tertiary/aromatic N) is 1. The van der Waals surface area contributed by atoms with E-state index in [2.05, 4.69) is 4.90 Å². The van der Waals surface area contributed by atoms with Crippen LogP contribution >= 0.6 is 0 Å². The Kier molecular flexibility index (Phi) is 4.74. The van der Waals surface area contributed by atoms with Gasteiger partial charge in [-0.05, 0) is 44.0 Å². The monoisotopic (exact) mass is 297 g/mol. The zero-order chi connectivity index (χ0) is 15.4. The summed E-state index contributed by atoms with van der Waals surface area (Å²) < 4.78 is 5.65. The van der Waals surface area contributed by atoms with E-state index in [1.807, 2.05) is 49.4 Å². The highest BCUT2D eigenvalue weighted by Gasteiger charge is 2.26. The van der Waals surface area contributed by atoms with E-state index < -0.39 is 0 Å². The molecule has 1 aliphatic heterocycles. The fourth-order valence-electron chi connectivity index (χ4n) is 3.19. The smallest absolute Gasteiger partial charge is 0.141 e.